The van der Waals surface area contributed by atoms with Gasteiger partial charge in [-0.05, 0) is 44.5 Å². The Morgan fingerprint density at radius 1 is 0.917 bits per heavy atom. The molecule has 1 fully saturated rings. The highest BCUT2D eigenvalue weighted by Gasteiger charge is 2.44. The number of hydrogen-bond donors (Lipinski definition) is 6. The molecule has 0 amide bonds. The van der Waals surface area contributed by atoms with Crippen molar-refractivity contribution in [1.82, 2.24) is 15.0 Å². The number of hydrogen-bond acceptors (Lipinski definition) is 19. The Labute approximate surface area is 343 Å². The molecular weight excluding hydrogens is 794 g/mol. The highest BCUT2D eigenvalue weighted by atomic mass is 16.7. The van der Waals surface area contributed by atoms with Gasteiger partial charge in [-0.15, -0.1) is 5.10 Å². The lowest BCUT2D eigenvalue weighted by Gasteiger charge is -2.39. The quantitative estimate of drug-likeness (QED) is 0.0391. The minimum absolute atomic E-state index is 0.00180. The second kappa shape index (κ2) is 21.7. The monoisotopic (exact) mass is 843 g/mol. The van der Waals surface area contributed by atoms with E-state index in [1.165, 1.54) is 11.8 Å². The van der Waals surface area contributed by atoms with Crippen molar-refractivity contribution < 1.29 is 77.8 Å². The molecule has 2 aromatic heterocycles. The molecule has 0 saturated carbocycles. The Morgan fingerprint density at radius 3 is 2.37 bits per heavy atom. The van der Waals surface area contributed by atoms with Gasteiger partial charge >= 0.3 is 11.9 Å². The number of aromatic nitrogens is 3. The Hall–Kier alpha value is -5.45. The van der Waals surface area contributed by atoms with Crippen molar-refractivity contribution in [1.29, 1.82) is 0 Å². The summed E-state index contributed by atoms with van der Waals surface area (Å²) in [6, 6.07) is 7.40. The SMILES string of the molecule is COc1ccc(-c2oc3c(CC=C(C)C)c(O)cc(O)c3c(=O)c2OC(=O)CCC(=O)OCCOCc2cn(CCOCCO[C@H]3O[C@@H](CO)[C@H](O)[C@@H](O)[C@@H]3O)nn2)cc1. The molecular formula is C40H49N3O17. The van der Waals surface area contributed by atoms with Crippen molar-refractivity contribution in [3.63, 3.8) is 0 Å². The van der Waals surface area contributed by atoms with Crippen molar-refractivity contribution in [2.45, 2.75) is 77.0 Å². The number of esters is 2. The number of methoxy groups -OCH3 is 1. The molecule has 0 bridgehead atoms. The summed E-state index contributed by atoms with van der Waals surface area (Å²) >= 11 is 0. The summed E-state index contributed by atoms with van der Waals surface area (Å²) in [5, 5.41) is 68.0. The summed E-state index contributed by atoms with van der Waals surface area (Å²) in [6.45, 7) is 3.80. The Kier molecular flexibility index (Phi) is 16.5. The van der Waals surface area contributed by atoms with E-state index < -0.39 is 72.6 Å². The molecule has 5 atom stereocenters. The second-order valence-corrected chi connectivity index (χ2v) is 13.8. The highest BCUT2D eigenvalue weighted by molar-refractivity contribution is 5.92. The lowest BCUT2D eigenvalue weighted by Crippen LogP contribution is -2.59. The number of allylic oxidation sites excluding steroid dienone is 2. The van der Waals surface area contributed by atoms with Crippen LogP contribution in [0.3, 0.4) is 0 Å². The minimum Gasteiger partial charge on any atom is -0.507 e. The van der Waals surface area contributed by atoms with Gasteiger partial charge in [-0.1, -0.05) is 16.9 Å². The Balaban J connectivity index is 1.05. The molecule has 0 spiro atoms. The smallest absolute Gasteiger partial charge is 0.312 e. The number of nitrogens with zero attached hydrogens (tertiary/aromatic N) is 3. The van der Waals surface area contributed by atoms with Crippen molar-refractivity contribution in [2.75, 3.05) is 46.8 Å². The molecule has 1 saturated heterocycles. The van der Waals surface area contributed by atoms with Gasteiger partial charge in [-0.3, -0.25) is 14.4 Å². The van der Waals surface area contributed by atoms with Gasteiger partial charge in [0.05, 0.1) is 72.3 Å². The van der Waals surface area contributed by atoms with Crippen LogP contribution in [0.2, 0.25) is 0 Å². The van der Waals surface area contributed by atoms with E-state index in [-0.39, 0.29) is 80.5 Å². The van der Waals surface area contributed by atoms with Crippen LogP contribution in [0.15, 0.2) is 57.4 Å². The van der Waals surface area contributed by atoms with E-state index in [2.05, 4.69) is 10.3 Å². The zero-order valence-corrected chi connectivity index (χ0v) is 33.2. The molecule has 4 aromatic rings. The third kappa shape index (κ3) is 11.9. The van der Waals surface area contributed by atoms with E-state index in [9.17, 15) is 45.0 Å². The molecule has 2 aromatic carbocycles. The van der Waals surface area contributed by atoms with E-state index in [0.29, 0.717) is 23.6 Å². The molecule has 1 aliphatic rings. The molecule has 326 valence electrons. The summed E-state index contributed by atoms with van der Waals surface area (Å²) < 4.78 is 45.2. The number of carbonyl (C=O) groups excluding carboxylic acids is 2. The van der Waals surface area contributed by atoms with Gasteiger partial charge in [0.25, 0.3) is 0 Å². The summed E-state index contributed by atoms with van der Waals surface area (Å²) in [6.07, 6.45) is -4.02. The summed E-state index contributed by atoms with van der Waals surface area (Å²) in [4.78, 5) is 39.3. The van der Waals surface area contributed by atoms with Crippen LogP contribution in [-0.2, 0) is 52.8 Å². The highest BCUT2D eigenvalue weighted by Crippen LogP contribution is 2.39. The normalized spacial score (nSPS) is 18.9. The summed E-state index contributed by atoms with van der Waals surface area (Å²) in [5.74, 6) is -2.68. The maximum atomic E-state index is 13.8. The van der Waals surface area contributed by atoms with Gasteiger partial charge < -0.3 is 68.2 Å². The fraction of sp³-hybridized carbons (Fsp3) is 0.475. The van der Waals surface area contributed by atoms with E-state index in [1.807, 2.05) is 19.9 Å². The molecule has 20 heteroatoms. The van der Waals surface area contributed by atoms with Crippen LogP contribution in [0.1, 0.15) is 37.9 Å². The van der Waals surface area contributed by atoms with Crippen LogP contribution in [0, 0.1) is 0 Å². The Bertz CT molecular complexity index is 2150. The van der Waals surface area contributed by atoms with Gasteiger partial charge in [-0.2, -0.15) is 0 Å². The molecule has 0 radical (unpaired) electrons. The molecule has 1 aliphatic heterocycles. The zero-order valence-electron chi connectivity index (χ0n) is 33.2. The predicted octanol–water partition coefficient (Wildman–Crippen LogP) is 1.26. The number of rotatable bonds is 21. The number of aliphatic hydroxyl groups excluding tert-OH is 4. The first kappa shape index (κ1) is 45.6. The zero-order chi connectivity index (χ0) is 43.3. The maximum absolute atomic E-state index is 13.8. The third-order valence-corrected chi connectivity index (χ3v) is 9.15. The van der Waals surface area contributed by atoms with E-state index in [1.54, 1.807) is 30.5 Å². The van der Waals surface area contributed by atoms with Crippen LogP contribution < -0.4 is 14.9 Å². The van der Waals surface area contributed by atoms with Crippen LogP contribution >= 0.6 is 0 Å². The van der Waals surface area contributed by atoms with Crippen molar-refractivity contribution in [2.24, 2.45) is 0 Å². The summed E-state index contributed by atoms with van der Waals surface area (Å²) in [5.41, 5.74) is 1.07. The number of carbonyl (C=O) groups is 2. The lowest BCUT2D eigenvalue weighted by molar-refractivity contribution is -0.302. The van der Waals surface area contributed by atoms with Gasteiger partial charge in [0.1, 0.15) is 64.9 Å². The van der Waals surface area contributed by atoms with E-state index in [4.69, 9.17) is 37.6 Å². The standard InChI is InChI=1S/C40H49N3O17/c1-22(2)4-9-26-27(45)18-28(46)32-34(50)39(37(60-38(26)32)23-5-7-25(53-3)8-6-23)59-31(48)11-10-30(47)56-16-15-55-21-24-19-43(42-41-24)12-13-54-14-17-57-40-36(52)35(51)33(49)29(20-44)58-40/h4-8,18-19,29,33,35-36,40,44-46,49,51-52H,9-17,20-21H2,1-3H3/t29-,33-,35+,36-,40-/m0/s1. The molecule has 60 heavy (non-hydrogen) atoms. The van der Waals surface area contributed by atoms with Crippen LogP contribution in [-0.4, -0.2) is 135 Å². The average Bonchev–Trinajstić information content (AvgIpc) is 3.68. The number of phenols is 2. The van der Waals surface area contributed by atoms with Crippen LogP contribution in [0.5, 0.6) is 23.0 Å². The van der Waals surface area contributed by atoms with Crippen molar-refractivity contribution in [3.8, 4) is 34.3 Å². The number of ether oxygens (including phenoxy) is 7. The van der Waals surface area contributed by atoms with Crippen LogP contribution in [0.4, 0.5) is 0 Å². The number of aliphatic hydroxyl groups is 4. The van der Waals surface area contributed by atoms with Crippen molar-refractivity contribution in [3.05, 3.63) is 69.7 Å². The number of phenolic OH excluding ortho intramolecular Hbond substituents is 2. The fourth-order valence-electron chi connectivity index (χ4n) is 5.93. The molecule has 0 aliphatic carbocycles. The van der Waals surface area contributed by atoms with Gasteiger partial charge in [0, 0.05) is 17.2 Å². The van der Waals surface area contributed by atoms with Crippen molar-refractivity contribution >= 4 is 22.9 Å². The Morgan fingerprint density at radius 2 is 1.65 bits per heavy atom. The second-order valence-electron chi connectivity index (χ2n) is 13.8. The van der Waals surface area contributed by atoms with Gasteiger partial charge in [0.15, 0.2) is 12.1 Å². The predicted molar refractivity (Wildman–Crippen MR) is 207 cm³/mol. The average molecular weight is 844 g/mol. The lowest BCUT2D eigenvalue weighted by atomic mass is 9.99. The molecule has 5 rings (SSSR count). The molecule has 6 N–H and O–H groups in total. The van der Waals surface area contributed by atoms with Gasteiger partial charge in [0.2, 0.25) is 11.2 Å². The molecule has 3 heterocycles. The summed E-state index contributed by atoms with van der Waals surface area (Å²) in [7, 11) is 1.48. The number of aromatic hydroxyl groups is 2. The van der Waals surface area contributed by atoms with Crippen LogP contribution in [0.25, 0.3) is 22.3 Å². The van der Waals surface area contributed by atoms with E-state index >= 15 is 0 Å². The first-order valence-electron chi connectivity index (χ1n) is 19.0. The number of fused-ring (bicyclic) bond motifs is 1. The first-order valence-corrected chi connectivity index (χ1v) is 19.0. The fourth-order valence-corrected chi connectivity index (χ4v) is 5.93. The molecule has 0 unspecified atom stereocenters. The topological polar surface area (TPSA) is 281 Å². The first-order chi connectivity index (χ1) is 28.8. The largest absolute Gasteiger partial charge is 0.507 e. The number of benzene rings is 2. The third-order valence-electron chi connectivity index (χ3n) is 9.15. The minimum atomic E-state index is -1.53. The molecule has 20 nitrogen and oxygen atoms in total. The maximum Gasteiger partial charge on any atom is 0.312 e. The van der Waals surface area contributed by atoms with E-state index in [0.717, 1.165) is 11.6 Å². The van der Waals surface area contributed by atoms with Gasteiger partial charge in [-0.25, -0.2) is 4.68 Å².